The highest BCUT2D eigenvalue weighted by molar-refractivity contribution is 5.91. The molecule has 0 aliphatic carbocycles. The van der Waals surface area contributed by atoms with Crippen LogP contribution < -0.4 is 10.1 Å². The average Bonchev–Trinajstić information content (AvgIpc) is 3.15. The molecule has 1 heterocycles. The minimum absolute atomic E-state index is 0.0729. The zero-order chi connectivity index (χ0) is 17.8. The lowest BCUT2D eigenvalue weighted by molar-refractivity contribution is -0.118. The molecule has 128 valence electrons. The van der Waals surface area contributed by atoms with E-state index in [0.29, 0.717) is 11.6 Å². The second kappa shape index (κ2) is 7.11. The molecule has 0 fully saturated rings. The maximum atomic E-state index is 12.1. The Balaban J connectivity index is 1.37. The summed E-state index contributed by atoms with van der Waals surface area (Å²) in [6, 6.07) is 25.2. The predicted octanol–water partition coefficient (Wildman–Crippen LogP) is 4.04. The van der Waals surface area contributed by atoms with Gasteiger partial charge in [0.05, 0.1) is 5.69 Å². The molecule has 1 amide bonds. The molecule has 0 radical (unpaired) electrons. The number of nitrogens with zero attached hydrogens (tertiary/aromatic N) is 2. The summed E-state index contributed by atoms with van der Waals surface area (Å²) < 4.78 is 7.30. The molecule has 0 bridgehead atoms. The topological polar surface area (TPSA) is 56.1 Å². The van der Waals surface area contributed by atoms with Gasteiger partial charge in [-0.05, 0) is 35.0 Å². The number of para-hydroxylation sites is 1. The Kier molecular flexibility index (Phi) is 4.35. The number of aromatic nitrogens is 2. The minimum atomic E-state index is -0.253. The van der Waals surface area contributed by atoms with E-state index in [-0.39, 0.29) is 12.5 Å². The molecule has 0 aliphatic rings. The first-order chi connectivity index (χ1) is 12.8. The quantitative estimate of drug-likeness (QED) is 0.595. The summed E-state index contributed by atoms with van der Waals surface area (Å²) in [6.45, 7) is -0.0729. The monoisotopic (exact) mass is 343 g/mol. The van der Waals surface area contributed by atoms with Gasteiger partial charge in [0.25, 0.3) is 5.91 Å². The number of anilines is 1. The fraction of sp³-hybridized carbons (Fsp3) is 0.0476. The van der Waals surface area contributed by atoms with Crippen molar-refractivity contribution in [2.24, 2.45) is 0 Å². The van der Waals surface area contributed by atoms with Crippen molar-refractivity contribution in [1.29, 1.82) is 0 Å². The van der Waals surface area contributed by atoms with Crippen LogP contribution in [0.4, 0.5) is 5.82 Å². The number of hydrogen-bond acceptors (Lipinski definition) is 3. The van der Waals surface area contributed by atoms with Gasteiger partial charge in [-0.1, -0.05) is 48.5 Å². The van der Waals surface area contributed by atoms with Crippen LogP contribution in [0, 0.1) is 0 Å². The third-order valence-corrected chi connectivity index (χ3v) is 3.97. The molecule has 5 heteroatoms. The van der Waals surface area contributed by atoms with Crippen LogP contribution in [0.3, 0.4) is 0 Å². The summed E-state index contributed by atoms with van der Waals surface area (Å²) in [7, 11) is 0. The molecule has 0 aliphatic heterocycles. The average molecular weight is 343 g/mol. The van der Waals surface area contributed by atoms with Gasteiger partial charge < -0.3 is 10.1 Å². The smallest absolute Gasteiger partial charge is 0.263 e. The van der Waals surface area contributed by atoms with Crippen molar-refractivity contribution in [1.82, 2.24) is 9.78 Å². The van der Waals surface area contributed by atoms with Crippen molar-refractivity contribution < 1.29 is 9.53 Å². The molecule has 1 N–H and O–H groups in total. The van der Waals surface area contributed by atoms with E-state index in [1.54, 1.807) is 16.9 Å². The lowest BCUT2D eigenvalue weighted by atomic mass is 10.1. The molecule has 1 aromatic heterocycles. The van der Waals surface area contributed by atoms with Crippen LogP contribution in [0.15, 0.2) is 85.1 Å². The van der Waals surface area contributed by atoms with E-state index >= 15 is 0 Å². The molecule has 0 spiro atoms. The summed E-state index contributed by atoms with van der Waals surface area (Å²) in [4.78, 5) is 12.1. The van der Waals surface area contributed by atoms with Crippen LogP contribution in [-0.2, 0) is 4.79 Å². The molecule has 4 rings (SSSR count). The Bertz CT molecular complexity index is 1040. The highest BCUT2D eigenvalue weighted by Gasteiger charge is 2.07. The molecular formula is C21H17N3O2. The van der Waals surface area contributed by atoms with Crippen LogP contribution in [0.5, 0.6) is 5.75 Å². The number of nitrogens with one attached hydrogen (secondary N) is 1. The second-order valence-electron chi connectivity index (χ2n) is 5.83. The molecule has 0 saturated carbocycles. The van der Waals surface area contributed by atoms with E-state index in [0.717, 1.165) is 16.5 Å². The van der Waals surface area contributed by atoms with Crippen LogP contribution in [0.25, 0.3) is 16.5 Å². The number of fused-ring (bicyclic) bond motifs is 1. The first-order valence-corrected chi connectivity index (χ1v) is 8.30. The van der Waals surface area contributed by atoms with E-state index < -0.39 is 0 Å². The Labute approximate surface area is 150 Å². The summed E-state index contributed by atoms with van der Waals surface area (Å²) in [6.07, 6.45) is 1.80. The molecule has 0 atom stereocenters. The lowest BCUT2D eigenvalue weighted by Gasteiger charge is -2.07. The molecule has 0 saturated heterocycles. The minimum Gasteiger partial charge on any atom is -0.484 e. The molecule has 4 aromatic rings. The van der Waals surface area contributed by atoms with E-state index in [9.17, 15) is 4.79 Å². The van der Waals surface area contributed by atoms with Gasteiger partial charge in [0.1, 0.15) is 5.75 Å². The van der Waals surface area contributed by atoms with Crippen molar-refractivity contribution in [3.63, 3.8) is 0 Å². The Hall–Kier alpha value is -3.60. The van der Waals surface area contributed by atoms with E-state index in [1.165, 1.54) is 0 Å². The zero-order valence-corrected chi connectivity index (χ0v) is 14.0. The van der Waals surface area contributed by atoms with Crippen molar-refractivity contribution in [2.45, 2.75) is 0 Å². The van der Waals surface area contributed by atoms with Gasteiger partial charge in [-0.2, -0.15) is 5.10 Å². The highest BCUT2D eigenvalue weighted by Crippen LogP contribution is 2.20. The number of benzene rings is 3. The fourth-order valence-electron chi connectivity index (χ4n) is 2.70. The van der Waals surface area contributed by atoms with Gasteiger partial charge in [0.15, 0.2) is 12.4 Å². The maximum absolute atomic E-state index is 12.1. The summed E-state index contributed by atoms with van der Waals surface area (Å²) in [5, 5.41) is 9.30. The zero-order valence-electron chi connectivity index (χ0n) is 14.0. The van der Waals surface area contributed by atoms with Crippen molar-refractivity contribution in [3.05, 3.63) is 85.1 Å². The number of amides is 1. The first-order valence-electron chi connectivity index (χ1n) is 8.30. The molecule has 0 unspecified atom stereocenters. The number of hydrogen-bond donors (Lipinski definition) is 1. The molecule has 3 aromatic carbocycles. The Morgan fingerprint density at radius 2 is 1.69 bits per heavy atom. The number of rotatable bonds is 5. The Morgan fingerprint density at radius 3 is 2.54 bits per heavy atom. The van der Waals surface area contributed by atoms with Crippen LogP contribution in [0.2, 0.25) is 0 Å². The van der Waals surface area contributed by atoms with Crippen molar-refractivity contribution in [3.8, 4) is 11.4 Å². The predicted molar refractivity (Wildman–Crippen MR) is 102 cm³/mol. The third kappa shape index (κ3) is 3.57. The van der Waals surface area contributed by atoms with E-state index in [1.807, 2.05) is 72.8 Å². The van der Waals surface area contributed by atoms with Crippen molar-refractivity contribution in [2.75, 3.05) is 11.9 Å². The number of carbonyl (C=O) groups excluding carboxylic acids is 1. The molecule has 5 nitrogen and oxygen atoms in total. The number of ether oxygens (including phenoxy) is 1. The SMILES string of the molecule is O=C(COc1ccc2ccccc2c1)Nc1ccn(-c2ccccc2)n1. The first kappa shape index (κ1) is 15.9. The van der Waals surface area contributed by atoms with Crippen LogP contribution in [-0.4, -0.2) is 22.3 Å². The lowest BCUT2D eigenvalue weighted by Crippen LogP contribution is -2.20. The van der Waals surface area contributed by atoms with Gasteiger partial charge >= 0.3 is 0 Å². The summed E-state index contributed by atoms with van der Waals surface area (Å²) >= 11 is 0. The van der Waals surface area contributed by atoms with Gasteiger partial charge in [-0.25, -0.2) is 4.68 Å². The van der Waals surface area contributed by atoms with Gasteiger partial charge in [-0.3, -0.25) is 4.79 Å². The molecule has 26 heavy (non-hydrogen) atoms. The van der Waals surface area contributed by atoms with E-state index in [4.69, 9.17) is 4.74 Å². The van der Waals surface area contributed by atoms with Gasteiger partial charge in [0.2, 0.25) is 0 Å². The van der Waals surface area contributed by atoms with Gasteiger partial charge in [-0.15, -0.1) is 0 Å². The largest absolute Gasteiger partial charge is 0.484 e. The van der Waals surface area contributed by atoms with E-state index in [2.05, 4.69) is 10.4 Å². The number of carbonyl (C=O) groups is 1. The maximum Gasteiger partial charge on any atom is 0.263 e. The van der Waals surface area contributed by atoms with Gasteiger partial charge in [0, 0.05) is 12.3 Å². The standard InChI is InChI=1S/C21H17N3O2/c25-21(15-26-19-11-10-16-6-4-5-7-17(16)14-19)22-20-12-13-24(23-20)18-8-2-1-3-9-18/h1-14H,15H2,(H,22,23,25). The molecular weight excluding hydrogens is 326 g/mol. The normalized spacial score (nSPS) is 10.6. The van der Waals surface area contributed by atoms with Crippen LogP contribution >= 0.6 is 0 Å². The fourth-order valence-corrected chi connectivity index (χ4v) is 2.70. The summed E-state index contributed by atoms with van der Waals surface area (Å²) in [5.74, 6) is 0.895. The highest BCUT2D eigenvalue weighted by atomic mass is 16.5. The third-order valence-electron chi connectivity index (χ3n) is 3.97. The van der Waals surface area contributed by atoms with Crippen LogP contribution in [0.1, 0.15) is 0 Å². The Morgan fingerprint density at radius 1 is 0.923 bits per heavy atom. The van der Waals surface area contributed by atoms with Crippen molar-refractivity contribution >= 4 is 22.5 Å². The summed E-state index contributed by atoms with van der Waals surface area (Å²) in [5.41, 5.74) is 0.931. The second-order valence-corrected chi connectivity index (χ2v) is 5.83.